The van der Waals surface area contributed by atoms with Crippen LogP contribution in [0, 0.1) is 0 Å². The van der Waals surface area contributed by atoms with Crippen molar-refractivity contribution in [2.75, 3.05) is 50.6 Å². The van der Waals surface area contributed by atoms with Crippen LogP contribution in [-0.4, -0.2) is 62.6 Å². The van der Waals surface area contributed by atoms with E-state index in [1.54, 1.807) is 31.4 Å². The van der Waals surface area contributed by atoms with Gasteiger partial charge in [0.2, 0.25) is 5.91 Å². The summed E-state index contributed by atoms with van der Waals surface area (Å²) in [5.74, 6) is -1.02. The molecule has 0 aliphatic carbocycles. The van der Waals surface area contributed by atoms with Crippen molar-refractivity contribution in [1.29, 1.82) is 0 Å². The molecule has 9 heteroatoms. The first-order valence-electron chi connectivity index (χ1n) is 10.4. The molecule has 3 N–H and O–H groups in total. The van der Waals surface area contributed by atoms with Crippen molar-refractivity contribution in [3.63, 3.8) is 0 Å². The van der Waals surface area contributed by atoms with Gasteiger partial charge >= 0.3 is 11.8 Å². The number of morpholine rings is 1. The van der Waals surface area contributed by atoms with Crippen molar-refractivity contribution in [2.45, 2.75) is 13.0 Å². The molecule has 0 spiro atoms. The first kappa shape index (κ1) is 23.2. The molecule has 1 atom stereocenters. The van der Waals surface area contributed by atoms with Gasteiger partial charge in [0, 0.05) is 37.9 Å². The van der Waals surface area contributed by atoms with E-state index in [1.165, 1.54) is 6.92 Å². The van der Waals surface area contributed by atoms with E-state index in [1.807, 2.05) is 24.3 Å². The maximum absolute atomic E-state index is 12.5. The highest BCUT2D eigenvalue weighted by atomic mass is 16.5. The predicted molar refractivity (Wildman–Crippen MR) is 121 cm³/mol. The minimum Gasteiger partial charge on any atom is -0.497 e. The van der Waals surface area contributed by atoms with Gasteiger partial charge in [-0.3, -0.25) is 19.3 Å². The van der Waals surface area contributed by atoms with Gasteiger partial charge in [-0.05, 0) is 35.9 Å². The summed E-state index contributed by atoms with van der Waals surface area (Å²) < 4.78 is 10.8. The largest absolute Gasteiger partial charge is 0.497 e. The van der Waals surface area contributed by atoms with Gasteiger partial charge < -0.3 is 25.4 Å². The maximum Gasteiger partial charge on any atom is 0.313 e. The van der Waals surface area contributed by atoms with E-state index in [0.29, 0.717) is 24.6 Å². The molecule has 0 bridgehead atoms. The molecule has 1 aliphatic heterocycles. The Labute approximate surface area is 187 Å². The number of hydrogen-bond donors (Lipinski definition) is 3. The lowest BCUT2D eigenvalue weighted by Gasteiger charge is -2.35. The topological polar surface area (TPSA) is 109 Å². The Balaban J connectivity index is 1.65. The third-order valence-corrected chi connectivity index (χ3v) is 5.07. The third kappa shape index (κ3) is 6.53. The summed E-state index contributed by atoms with van der Waals surface area (Å²) in [7, 11) is 1.61. The zero-order valence-corrected chi connectivity index (χ0v) is 18.2. The van der Waals surface area contributed by atoms with E-state index in [2.05, 4.69) is 20.9 Å². The van der Waals surface area contributed by atoms with E-state index in [0.717, 1.165) is 24.4 Å². The van der Waals surface area contributed by atoms with Gasteiger partial charge in [-0.2, -0.15) is 0 Å². The summed E-state index contributed by atoms with van der Waals surface area (Å²) in [6.07, 6.45) is 0. The molecule has 1 saturated heterocycles. The molecular formula is C23H28N4O5. The summed E-state index contributed by atoms with van der Waals surface area (Å²) in [5.41, 5.74) is 1.92. The van der Waals surface area contributed by atoms with Gasteiger partial charge in [0.15, 0.2) is 0 Å². The van der Waals surface area contributed by atoms with Crippen LogP contribution in [0.1, 0.15) is 18.5 Å². The molecule has 3 amide bonds. The summed E-state index contributed by atoms with van der Waals surface area (Å²) in [6.45, 7) is 4.32. The smallest absolute Gasteiger partial charge is 0.313 e. The van der Waals surface area contributed by atoms with Gasteiger partial charge in [-0.25, -0.2) is 0 Å². The fourth-order valence-corrected chi connectivity index (χ4v) is 3.53. The predicted octanol–water partition coefficient (Wildman–Crippen LogP) is 1.78. The summed E-state index contributed by atoms with van der Waals surface area (Å²) in [6, 6.07) is 14.1. The molecule has 3 rings (SSSR count). The van der Waals surface area contributed by atoms with Crippen molar-refractivity contribution in [3.8, 4) is 5.75 Å². The molecule has 9 nitrogen and oxygen atoms in total. The number of carbonyl (C=O) groups excluding carboxylic acids is 3. The molecule has 0 saturated carbocycles. The zero-order valence-electron chi connectivity index (χ0n) is 18.2. The number of methoxy groups -OCH3 is 1. The second kappa shape index (κ2) is 11.3. The van der Waals surface area contributed by atoms with Gasteiger partial charge in [0.05, 0.1) is 26.4 Å². The normalized spacial score (nSPS) is 14.8. The molecule has 2 aromatic carbocycles. The molecule has 32 heavy (non-hydrogen) atoms. The molecule has 1 heterocycles. The Kier molecular flexibility index (Phi) is 8.18. The standard InChI is InChI=1S/C23H28N4O5/c1-16(28)25-18-6-4-7-19(14-18)26-23(30)22(29)24-15-21(27-9-11-32-12-10-27)17-5-3-8-20(13-17)31-2/h3-8,13-14,21H,9-12,15H2,1-2H3,(H,24,29)(H,25,28)(H,26,30). The number of carbonyl (C=O) groups is 3. The van der Waals surface area contributed by atoms with Crippen LogP contribution in [0.3, 0.4) is 0 Å². The second-order valence-electron chi connectivity index (χ2n) is 7.37. The molecule has 1 aliphatic rings. The Bertz CT molecular complexity index is 959. The SMILES string of the molecule is COc1cccc(C(CNC(=O)C(=O)Nc2cccc(NC(C)=O)c2)N2CCOCC2)c1. The maximum atomic E-state index is 12.5. The number of nitrogens with zero attached hydrogens (tertiary/aromatic N) is 1. The minimum atomic E-state index is -0.781. The van der Waals surface area contributed by atoms with Crippen LogP contribution in [0.25, 0.3) is 0 Å². The average molecular weight is 441 g/mol. The number of ether oxygens (including phenoxy) is 2. The fraction of sp³-hybridized carbons (Fsp3) is 0.348. The number of benzene rings is 2. The van der Waals surface area contributed by atoms with Crippen LogP contribution < -0.4 is 20.7 Å². The van der Waals surface area contributed by atoms with E-state index in [9.17, 15) is 14.4 Å². The zero-order chi connectivity index (χ0) is 22.9. The number of amides is 3. The van der Waals surface area contributed by atoms with Gasteiger partial charge in [0.25, 0.3) is 0 Å². The molecule has 2 aromatic rings. The Morgan fingerprint density at radius 2 is 1.69 bits per heavy atom. The fourth-order valence-electron chi connectivity index (χ4n) is 3.53. The third-order valence-electron chi connectivity index (χ3n) is 5.07. The lowest BCUT2D eigenvalue weighted by atomic mass is 10.0. The Morgan fingerprint density at radius 3 is 2.38 bits per heavy atom. The lowest BCUT2D eigenvalue weighted by molar-refractivity contribution is -0.136. The molecule has 0 aromatic heterocycles. The second-order valence-corrected chi connectivity index (χ2v) is 7.37. The highest BCUT2D eigenvalue weighted by Crippen LogP contribution is 2.25. The van der Waals surface area contributed by atoms with Crippen molar-refractivity contribution in [1.82, 2.24) is 10.2 Å². The minimum absolute atomic E-state index is 0.131. The molecular weight excluding hydrogens is 412 g/mol. The van der Waals surface area contributed by atoms with Crippen molar-refractivity contribution < 1.29 is 23.9 Å². The number of nitrogens with one attached hydrogen (secondary N) is 3. The number of hydrogen-bond acceptors (Lipinski definition) is 6. The van der Waals surface area contributed by atoms with Crippen LogP contribution in [0.2, 0.25) is 0 Å². The molecule has 1 unspecified atom stereocenters. The Morgan fingerprint density at radius 1 is 1.00 bits per heavy atom. The molecule has 1 fully saturated rings. The first-order chi connectivity index (χ1) is 15.5. The van der Waals surface area contributed by atoms with Gasteiger partial charge in [-0.1, -0.05) is 18.2 Å². The van der Waals surface area contributed by atoms with Crippen LogP contribution in [-0.2, 0) is 19.1 Å². The highest BCUT2D eigenvalue weighted by molar-refractivity contribution is 6.39. The van der Waals surface area contributed by atoms with Crippen LogP contribution >= 0.6 is 0 Å². The Hall–Kier alpha value is -3.43. The van der Waals surface area contributed by atoms with E-state index in [4.69, 9.17) is 9.47 Å². The number of anilines is 2. The van der Waals surface area contributed by atoms with Gasteiger partial charge in [0.1, 0.15) is 5.75 Å². The van der Waals surface area contributed by atoms with Crippen molar-refractivity contribution in [2.24, 2.45) is 0 Å². The van der Waals surface area contributed by atoms with Crippen LogP contribution in [0.5, 0.6) is 5.75 Å². The average Bonchev–Trinajstić information content (AvgIpc) is 2.79. The summed E-state index contributed by atoms with van der Waals surface area (Å²) >= 11 is 0. The lowest BCUT2D eigenvalue weighted by Crippen LogP contribution is -2.45. The number of rotatable bonds is 7. The van der Waals surface area contributed by atoms with E-state index >= 15 is 0 Å². The van der Waals surface area contributed by atoms with Crippen LogP contribution in [0.15, 0.2) is 48.5 Å². The highest BCUT2D eigenvalue weighted by Gasteiger charge is 2.25. The molecule has 170 valence electrons. The molecule has 0 radical (unpaired) electrons. The van der Waals surface area contributed by atoms with Gasteiger partial charge in [-0.15, -0.1) is 0 Å². The van der Waals surface area contributed by atoms with Crippen LogP contribution in [0.4, 0.5) is 11.4 Å². The van der Waals surface area contributed by atoms with Crippen molar-refractivity contribution in [3.05, 3.63) is 54.1 Å². The van der Waals surface area contributed by atoms with E-state index < -0.39 is 11.8 Å². The first-order valence-corrected chi connectivity index (χ1v) is 10.4. The quantitative estimate of drug-likeness (QED) is 0.567. The monoisotopic (exact) mass is 440 g/mol. The van der Waals surface area contributed by atoms with E-state index in [-0.39, 0.29) is 18.5 Å². The summed E-state index contributed by atoms with van der Waals surface area (Å²) in [5, 5.41) is 7.93. The summed E-state index contributed by atoms with van der Waals surface area (Å²) in [4.78, 5) is 38.3. The van der Waals surface area contributed by atoms with Crippen molar-refractivity contribution >= 4 is 29.1 Å².